The number of hydrogen-bond acceptors (Lipinski definition) is 6. The maximum absolute atomic E-state index is 11.1. The van der Waals surface area contributed by atoms with Crippen molar-refractivity contribution in [2.24, 2.45) is 0 Å². The predicted molar refractivity (Wildman–Crippen MR) is 93.9 cm³/mol. The fourth-order valence-electron chi connectivity index (χ4n) is 1.84. The summed E-state index contributed by atoms with van der Waals surface area (Å²) in [5.74, 6) is 0.344. The van der Waals surface area contributed by atoms with Gasteiger partial charge in [0.2, 0.25) is 5.91 Å². The lowest BCUT2D eigenvalue weighted by Crippen LogP contribution is -2.07. The van der Waals surface area contributed by atoms with Gasteiger partial charge in [-0.25, -0.2) is 4.98 Å². The molecule has 0 spiro atoms. The summed E-state index contributed by atoms with van der Waals surface area (Å²) in [4.78, 5) is 19.6. The van der Waals surface area contributed by atoms with E-state index in [2.05, 4.69) is 20.0 Å². The number of anilines is 2. The number of hydrogen-bond donors (Lipinski definition) is 3. The molecule has 3 N–H and O–H groups in total. The van der Waals surface area contributed by atoms with E-state index in [-0.39, 0.29) is 12.5 Å². The third-order valence-corrected chi connectivity index (χ3v) is 3.59. The summed E-state index contributed by atoms with van der Waals surface area (Å²) in [5.41, 5.74) is 3.58. The molecule has 0 aliphatic heterocycles. The highest BCUT2D eigenvalue weighted by molar-refractivity contribution is 8.03. The molecule has 2 rings (SSSR count). The SMILES string of the molecule is CC(=O)Nc1cc(-c2cnc(C)c(NS/C=C\CO)c2)ccn1. The van der Waals surface area contributed by atoms with Crippen molar-refractivity contribution in [2.75, 3.05) is 16.6 Å². The summed E-state index contributed by atoms with van der Waals surface area (Å²) in [6.07, 6.45) is 5.07. The molecule has 0 aliphatic rings. The van der Waals surface area contributed by atoms with E-state index >= 15 is 0 Å². The predicted octanol–water partition coefficient (Wildman–Crippen LogP) is 2.98. The Bertz CT molecular complexity index is 719. The van der Waals surface area contributed by atoms with Crippen LogP contribution in [-0.2, 0) is 4.79 Å². The standard InChI is InChI=1S/C16H18N4O2S/c1-11-15(20-23-7-3-6-21)8-14(10-18-11)13-4-5-17-16(9-13)19-12(2)22/h3-5,7-10,20-21H,6H2,1-2H3,(H,17,19,22)/b7-3-. The van der Waals surface area contributed by atoms with E-state index in [9.17, 15) is 4.79 Å². The van der Waals surface area contributed by atoms with Crippen molar-refractivity contribution in [3.63, 3.8) is 0 Å². The van der Waals surface area contributed by atoms with Gasteiger partial charge in [-0.15, -0.1) is 0 Å². The Hall–Kier alpha value is -2.38. The molecule has 0 saturated carbocycles. The molecule has 120 valence electrons. The Kier molecular flexibility index (Phi) is 6.13. The molecule has 0 atom stereocenters. The van der Waals surface area contributed by atoms with Gasteiger partial charge in [0, 0.05) is 24.9 Å². The van der Waals surface area contributed by atoms with Gasteiger partial charge in [-0.2, -0.15) is 0 Å². The van der Waals surface area contributed by atoms with Gasteiger partial charge < -0.3 is 15.1 Å². The summed E-state index contributed by atoms with van der Waals surface area (Å²) < 4.78 is 3.18. The van der Waals surface area contributed by atoms with Crippen molar-refractivity contribution in [1.82, 2.24) is 9.97 Å². The van der Waals surface area contributed by atoms with Crippen molar-refractivity contribution in [3.8, 4) is 11.1 Å². The van der Waals surface area contributed by atoms with E-state index in [1.165, 1.54) is 18.9 Å². The van der Waals surface area contributed by atoms with Crippen LogP contribution in [0.25, 0.3) is 11.1 Å². The molecule has 0 aromatic carbocycles. The van der Waals surface area contributed by atoms with Gasteiger partial charge >= 0.3 is 0 Å². The molecule has 6 nitrogen and oxygen atoms in total. The minimum Gasteiger partial charge on any atom is -0.392 e. The van der Waals surface area contributed by atoms with Crippen molar-refractivity contribution >= 4 is 29.4 Å². The molecule has 0 fully saturated rings. The minimum absolute atomic E-state index is 0.00882. The van der Waals surface area contributed by atoms with Gasteiger partial charge in [0.15, 0.2) is 0 Å². The minimum atomic E-state index is -0.161. The number of carbonyl (C=O) groups is 1. The van der Waals surface area contributed by atoms with Gasteiger partial charge in [-0.3, -0.25) is 9.78 Å². The first-order chi connectivity index (χ1) is 11.1. The molecule has 23 heavy (non-hydrogen) atoms. The van der Waals surface area contributed by atoms with Crippen molar-refractivity contribution < 1.29 is 9.90 Å². The van der Waals surface area contributed by atoms with Gasteiger partial charge in [0.1, 0.15) is 5.82 Å². The lowest BCUT2D eigenvalue weighted by atomic mass is 10.1. The molecular formula is C16H18N4O2S. The first kappa shape index (κ1) is 17.0. The topological polar surface area (TPSA) is 87.1 Å². The highest BCUT2D eigenvalue weighted by atomic mass is 32.2. The molecule has 2 heterocycles. The number of aromatic nitrogens is 2. The second-order valence-electron chi connectivity index (χ2n) is 4.74. The van der Waals surface area contributed by atoms with E-state index in [1.54, 1.807) is 29.9 Å². The van der Waals surface area contributed by atoms with E-state index in [1.807, 2.05) is 19.1 Å². The number of aliphatic hydroxyl groups excluding tert-OH is 1. The van der Waals surface area contributed by atoms with Crippen LogP contribution in [0.5, 0.6) is 0 Å². The van der Waals surface area contributed by atoms with Crippen molar-refractivity contribution in [3.05, 3.63) is 47.8 Å². The quantitative estimate of drug-likeness (QED) is 0.706. The van der Waals surface area contributed by atoms with Gasteiger partial charge in [-0.1, -0.05) is 6.08 Å². The lowest BCUT2D eigenvalue weighted by molar-refractivity contribution is -0.114. The van der Waals surface area contributed by atoms with Crippen LogP contribution in [0, 0.1) is 6.92 Å². The van der Waals surface area contributed by atoms with Gasteiger partial charge in [0.25, 0.3) is 0 Å². The number of aliphatic hydroxyl groups is 1. The normalized spacial score (nSPS) is 10.7. The molecule has 2 aromatic rings. The molecule has 2 aromatic heterocycles. The third kappa shape index (κ3) is 5.08. The lowest BCUT2D eigenvalue weighted by Gasteiger charge is -2.10. The van der Waals surface area contributed by atoms with E-state index in [0.29, 0.717) is 5.82 Å². The highest BCUT2D eigenvalue weighted by Gasteiger charge is 2.06. The zero-order valence-corrected chi connectivity index (χ0v) is 13.7. The summed E-state index contributed by atoms with van der Waals surface area (Å²) in [5, 5.41) is 13.2. The fraction of sp³-hybridized carbons (Fsp3) is 0.188. The Labute approximate surface area is 139 Å². The second-order valence-corrected chi connectivity index (χ2v) is 5.45. The van der Waals surface area contributed by atoms with Gasteiger partial charge in [-0.05, 0) is 48.0 Å². The monoisotopic (exact) mass is 330 g/mol. The zero-order chi connectivity index (χ0) is 16.7. The Morgan fingerprint density at radius 1 is 1.35 bits per heavy atom. The van der Waals surface area contributed by atoms with Crippen LogP contribution in [0.4, 0.5) is 11.5 Å². The Balaban J connectivity index is 2.22. The van der Waals surface area contributed by atoms with Crippen LogP contribution in [-0.4, -0.2) is 27.6 Å². The van der Waals surface area contributed by atoms with Crippen LogP contribution >= 0.6 is 11.9 Å². The number of nitrogens with zero attached hydrogens (tertiary/aromatic N) is 2. The summed E-state index contributed by atoms with van der Waals surface area (Å²) in [7, 11) is 0. The van der Waals surface area contributed by atoms with Crippen LogP contribution in [0.15, 0.2) is 42.1 Å². The third-order valence-electron chi connectivity index (χ3n) is 2.92. The van der Waals surface area contributed by atoms with E-state index in [4.69, 9.17) is 5.11 Å². The summed E-state index contributed by atoms with van der Waals surface area (Å²) >= 11 is 1.36. The Morgan fingerprint density at radius 2 is 2.17 bits per heavy atom. The number of carbonyl (C=O) groups excluding carboxylic acids is 1. The zero-order valence-electron chi connectivity index (χ0n) is 12.9. The molecule has 7 heteroatoms. The molecule has 0 unspecified atom stereocenters. The molecule has 1 amide bonds. The molecule has 0 bridgehead atoms. The molecule has 0 saturated heterocycles. The summed E-state index contributed by atoms with van der Waals surface area (Å²) in [6, 6.07) is 5.64. The van der Waals surface area contributed by atoms with Crippen molar-refractivity contribution in [1.29, 1.82) is 0 Å². The maximum Gasteiger partial charge on any atom is 0.222 e. The number of aryl methyl sites for hydroxylation is 1. The summed E-state index contributed by atoms with van der Waals surface area (Å²) in [6.45, 7) is 3.37. The maximum atomic E-state index is 11.1. The first-order valence-electron chi connectivity index (χ1n) is 6.98. The second kappa shape index (κ2) is 8.30. The highest BCUT2D eigenvalue weighted by Crippen LogP contribution is 2.26. The largest absolute Gasteiger partial charge is 0.392 e. The first-order valence-corrected chi connectivity index (χ1v) is 7.86. The van der Waals surface area contributed by atoms with Crippen molar-refractivity contribution in [2.45, 2.75) is 13.8 Å². The van der Waals surface area contributed by atoms with E-state index < -0.39 is 0 Å². The molecular weight excluding hydrogens is 312 g/mol. The molecule has 0 aliphatic carbocycles. The van der Waals surface area contributed by atoms with Gasteiger partial charge in [0.05, 0.1) is 18.0 Å². The number of rotatable bonds is 6. The average Bonchev–Trinajstić information content (AvgIpc) is 2.53. The fourth-order valence-corrected chi connectivity index (χ4v) is 2.43. The average molecular weight is 330 g/mol. The Morgan fingerprint density at radius 3 is 2.91 bits per heavy atom. The number of pyridine rings is 2. The van der Waals surface area contributed by atoms with Crippen LogP contribution in [0.2, 0.25) is 0 Å². The van der Waals surface area contributed by atoms with E-state index in [0.717, 1.165) is 22.5 Å². The smallest absolute Gasteiger partial charge is 0.222 e. The number of nitrogens with one attached hydrogen (secondary N) is 2. The number of amides is 1. The molecule has 0 radical (unpaired) electrons. The van der Waals surface area contributed by atoms with Crippen LogP contribution in [0.1, 0.15) is 12.6 Å². The van der Waals surface area contributed by atoms with Crippen LogP contribution < -0.4 is 10.0 Å². The van der Waals surface area contributed by atoms with Crippen LogP contribution in [0.3, 0.4) is 0 Å².